The van der Waals surface area contributed by atoms with Crippen molar-refractivity contribution in [3.05, 3.63) is 29.8 Å². The van der Waals surface area contributed by atoms with Crippen molar-refractivity contribution in [2.45, 2.75) is 26.3 Å². The molecule has 0 heterocycles. The molecule has 17 heavy (non-hydrogen) atoms. The Morgan fingerprint density at radius 2 is 2.00 bits per heavy atom. The summed E-state index contributed by atoms with van der Waals surface area (Å²) in [5, 5.41) is 12.8. The molecule has 0 bridgehead atoms. The first-order valence-electron chi connectivity index (χ1n) is 5.31. The summed E-state index contributed by atoms with van der Waals surface area (Å²) in [7, 11) is 0. The predicted molar refractivity (Wildman–Crippen MR) is 69.4 cm³/mol. The first-order valence-corrected chi connectivity index (χ1v) is 5.31. The van der Waals surface area contributed by atoms with Crippen molar-refractivity contribution in [3.8, 4) is 0 Å². The molecule has 0 unspecified atom stereocenters. The van der Waals surface area contributed by atoms with Crippen LogP contribution in [-0.4, -0.2) is 17.4 Å². The van der Waals surface area contributed by atoms with Gasteiger partial charge in [-0.2, -0.15) is 0 Å². The molecule has 5 N–H and O–H groups in total. The Kier molecular flexibility index (Phi) is 3.73. The lowest BCUT2D eigenvalue weighted by Crippen LogP contribution is -2.43. The van der Waals surface area contributed by atoms with Gasteiger partial charge in [0.25, 0.3) is 0 Å². The van der Waals surface area contributed by atoms with Crippen LogP contribution in [0.3, 0.4) is 0 Å². The number of benzene rings is 1. The number of carbonyl (C=O) groups is 1. The van der Waals surface area contributed by atoms with Crippen LogP contribution in [0.4, 0.5) is 10.5 Å². The second kappa shape index (κ2) is 4.86. The van der Waals surface area contributed by atoms with Gasteiger partial charge in [-0.05, 0) is 32.9 Å². The van der Waals surface area contributed by atoms with Crippen LogP contribution in [0, 0.1) is 5.41 Å². The van der Waals surface area contributed by atoms with Crippen molar-refractivity contribution in [2.75, 3.05) is 5.32 Å². The lowest BCUT2D eigenvalue weighted by atomic mass is 10.1. The molecule has 0 saturated carbocycles. The monoisotopic (exact) mass is 234 g/mol. The highest BCUT2D eigenvalue weighted by Crippen LogP contribution is 2.10. The normalized spacial score (nSPS) is 10.8. The molecule has 2 amide bonds. The lowest BCUT2D eigenvalue weighted by molar-refractivity contribution is 0.244. The SMILES string of the molecule is CC(C)(C)NC(=O)Nc1cccc(C(=N)N)c1. The van der Waals surface area contributed by atoms with Crippen molar-refractivity contribution >= 4 is 17.6 Å². The van der Waals surface area contributed by atoms with Gasteiger partial charge in [0, 0.05) is 16.8 Å². The Labute approximate surface area is 101 Å². The Morgan fingerprint density at radius 1 is 1.35 bits per heavy atom. The average molecular weight is 234 g/mol. The minimum Gasteiger partial charge on any atom is -0.384 e. The molecule has 0 aromatic heterocycles. The summed E-state index contributed by atoms with van der Waals surface area (Å²) in [5.41, 5.74) is 6.27. The van der Waals surface area contributed by atoms with Crippen LogP contribution in [-0.2, 0) is 0 Å². The molecule has 0 saturated heterocycles. The van der Waals surface area contributed by atoms with E-state index in [-0.39, 0.29) is 17.4 Å². The Balaban J connectivity index is 2.72. The van der Waals surface area contributed by atoms with E-state index >= 15 is 0 Å². The van der Waals surface area contributed by atoms with Crippen molar-refractivity contribution in [2.24, 2.45) is 5.73 Å². The van der Waals surface area contributed by atoms with Gasteiger partial charge in [0.15, 0.2) is 0 Å². The van der Waals surface area contributed by atoms with Crippen LogP contribution in [0.2, 0.25) is 0 Å². The fourth-order valence-electron chi connectivity index (χ4n) is 1.27. The minimum absolute atomic E-state index is 0.0233. The van der Waals surface area contributed by atoms with E-state index in [4.69, 9.17) is 11.1 Å². The quantitative estimate of drug-likeness (QED) is 0.465. The maximum Gasteiger partial charge on any atom is 0.319 e. The van der Waals surface area contributed by atoms with Gasteiger partial charge in [-0.25, -0.2) is 4.79 Å². The van der Waals surface area contributed by atoms with E-state index in [0.29, 0.717) is 11.3 Å². The highest BCUT2D eigenvalue weighted by molar-refractivity contribution is 5.97. The number of carbonyl (C=O) groups excluding carboxylic acids is 1. The molecule has 5 nitrogen and oxygen atoms in total. The Bertz CT molecular complexity index is 434. The third-order valence-corrected chi connectivity index (χ3v) is 1.92. The molecule has 0 radical (unpaired) electrons. The fourth-order valence-corrected chi connectivity index (χ4v) is 1.27. The molecule has 0 aliphatic carbocycles. The van der Waals surface area contributed by atoms with E-state index in [2.05, 4.69) is 10.6 Å². The standard InChI is InChI=1S/C12H18N4O/c1-12(2,3)16-11(17)15-9-6-4-5-8(7-9)10(13)14/h4-7H,1-3H3,(H3,13,14)(H2,15,16,17). The number of amidine groups is 1. The third-order valence-electron chi connectivity index (χ3n) is 1.92. The summed E-state index contributed by atoms with van der Waals surface area (Å²) >= 11 is 0. The van der Waals surface area contributed by atoms with Gasteiger partial charge >= 0.3 is 6.03 Å². The van der Waals surface area contributed by atoms with Crippen LogP contribution >= 0.6 is 0 Å². The summed E-state index contributed by atoms with van der Waals surface area (Å²) < 4.78 is 0. The Hall–Kier alpha value is -2.04. The molecule has 1 aromatic rings. The number of nitrogen functional groups attached to an aromatic ring is 1. The molecule has 0 fully saturated rings. The molecule has 0 aliphatic rings. The molecule has 1 rings (SSSR count). The van der Waals surface area contributed by atoms with E-state index in [0.717, 1.165) is 0 Å². The number of anilines is 1. The van der Waals surface area contributed by atoms with Crippen LogP contribution in [0.5, 0.6) is 0 Å². The number of hydrogen-bond acceptors (Lipinski definition) is 2. The number of rotatable bonds is 2. The van der Waals surface area contributed by atoms with Crippen molar-refractivity contribution in [3.63, 3.8) is 0 Å². The van der Waals surface area contributed by atoms with Gasteiger partial charge in [-0.1, -0.05) is 12.1 Å². The zero-order valence-corrected chi connectivity index (χ0v) is 10.3. The smallest absolute Gasteiger partial charge is 0.319 e. The zero-order valence-electron chi connectivity index (χ0n) is 10.3. The lowest BCUT2D eigenvalue weighted by Gasteiger charge is -2.20. The molecule has 0 aliphatic heterocycles. The molecule has 5 heteroatoms. The van der Waals surface area contributed by atoms with E-state index in [9.17, 15) is 4.79 Å². The molecular formula is C12H18N4O. The van der Waals surface area contributed by atoms with Crippen LogP contribution in [0.25, 0.3) is 0 Å². The fraction of sp³-hybridized carbons (Fsp3) is 0.333. The summed E-state index contributed by atoms with van der Waals surface area (Å²) in [6.07, 6.45) is 0. The maximum absolute atomic E-state index is 11.6. The zero-order chi connectivity index (χ0) is 13.1. The Morgan fingerprint density at radius 3 is 2.53 bits per heavy atom. The van der Waals surface area contributed by atoms with Gasteiger partial charge in [-0.15, -0.1) is 0 Å². The number of amides is 2. The van der Waals surface area contributed by atoms with Gasteiger partial charge in [0.05, 0.1) is 0 Å². The van der Waals surface area contributed by atoms with E-state index in [1.807, 2.05) is 20.8 Å². The predicted octanol–water partition coefficient (Wildman–Crippen LogP) is 1.89. The van der Waals surface area contributed by atoms with Crippen molar-refractivity contribution in [1.29, 1.82) is 5.41 Å². The van der Waals surface area contributed by atoms with Gasteiger partial charge in [0.1, 0.15) is 5.84 Å². The molecule has 0 spiro atoms. The van der Waals surface area contributed by atoms with Gasteiger partial charge in [0.2, 0.25) is 0 Å². The number of urea groups is 1. The largest absolute Gasteiger partial charge is 0.384 e. The van der Waals surface area contributed by atoms with Crippen LogP contribution < -0.4 is 16.4 Å². The van der Waals surface area contributed by atoms with Crippen molar-refractivity contribution in [1.82, 2.24) is 5.32 Å². The summed E-state index contributed by atoms with van der Waals surface area (Å²) in [4.78, 5) is 11.6. The topological polar surface area (TPSA) is 91.0 Å². The maximum atomic E-state index is 11.6. The number of nitrogens with one attached hydrogen (secondary N) is 3. The van der Waals surface area contributed by atoms with E-state index in [1.165, 1.54) is 0 Å². The average Bonchev–Trinajstić information content (AvgIpc) is 2.14. The molecule has 92 valence electrons. The summed E-state index contributed by atoms with van der Waals surface area (Å²) in [6.45, 7) is 5.70. The highest BCUT2D eigenvalue weighted by atomic mass is 16.2. The molecular weight excluding hydrogens is 216 g/mol. The second-order valence-corrected chi connectivity index (χ2v) is 4.82. The molecule has 0 atom stereocenters. The summed E-state index contributed by atoms with van der Waals surface area (Å²) in [6, 6.07) is 6.58. The van der Waals surface area contributed by atoms with Crippen molar-refractivity contribution < 1.29 is 4.79 Å². The van der Waals surface area contributed by atoms with Gasteiger partial charge in [-0.3, -0.25) is 5.41 Å². The number of nitrogens with two attached hydrogens (primary N) is 1. The van der Waals surface area contributed by atoms with E-state index in [1.54, 1.807) is 24.3 Å². The van der Waals surface area contributed by atoms with Crippen LogP contribution in [0.1, 0.15) is 26.3 Å². The van der Waals surface area contributed by atoms with E-state index < -0.39 is 0 Å². The first-order chi connectivity index (χ1) is 7.78. The van der Waals surface area contributed by atoms with Crippen LogP contribution in [0.15, 0.2) is 24.3 Å². The minimum atomic E-state index is -0.289. The second-order valence-electron chi connectivity index (χ2n) is 4.82. The third kappa shape index (κ3) is 4.55. The molecule has 1 aromatic carbocycles. The number of hydrogen-bond donors (Lipinski definition) is 4. The summed E-state index contributed by atoms with van der Waals surface area (Å²) in [5.74, 6) is -0.0233. The first kappa shape index (κ1) is 13.0. The highest BCUT2D eigenvalue weighted by Gasteiger charge is 2.13. The van der Waals surface area contributed by atoms with Gasteiger partial charge < -0.3 is 16.4 Å².